The maximum atomic E-state index is 8.33. The van der Waals surface area contributed by atoms with Gasteiger partial charge < -0.3 is 10.2 Å². The highest BCUT2D eigenvalue weighted by Gasteiger charge is 2.08. The second-order valence-electron chi connectivity index (χ2n) is 2.42. The van der Waals surface area contributed by atoms with Crippen molar-refractivity contribution in [3.05, 3.63) is 23.7 Å². The fourth-order valence-corrected chi connectivity index (χ4v) is 0.852. The van der Waals surface area contributed by atoms with Crippen molar-refractivity contribution in [2.24, 2.45) is 5.73 Å². The van der Waals surface area contributed by atoms with Crippen molar-refractivity contribution in [1.29, 1.82) is 5.26 Å². The first-order valence-corrected chi connectivity index (χ1v) is 3.43. The second-order valence-corrected chi connectivity index (χ2v) is 2.42. The molecule has 1 aromatic rings. The molecule has 0 unspecified atom stereocenters. The number of hydrogen-bond donors (Lipinski definition) is 1. The van der Waals surface area contributed by atoms with Gasteiger partial charge >= 0.3 is 0 Å². The van der Waals surface area contributed by atoms with E-state index in [2.05, 4.69) is 0 Å². The fraction of sp³-hybridized carbons (Fsp3) is 0.375. The van der Waals surface area contributed by atoms with E-state index >= 15 is 0 Å². The summed E-state index contributed by atoms with van der Waals surface area (Å²) in [4.78, 5) is 0. The van der Waals surface area contributed by atoms with Crippen LogP contribution in [0.5, 0.6) is 0 Å². The minimum Gasteiger partial charge on any atom is -0.465 e. The van der Waals surface area contributed by atoms with E-state index in [0.29, 0.717) is 12.2 Å². The molecule has 2 N–H and O–H groups in total. The third-order valence-electron chi connectivity index (χ3n) is 1.44. The predicted octanol–water partition coefficient (Wildman–Crippen LogP) is 1.92. The van der Waals surface area contributed by atoms with Crippen LogP contribution in [-0.4, -0.2) is 0 Å². The van der Waals surface area contributed by atoms with E-state index in [1.807, 2.05) is 19.1 Å². The van der Waals surface area contributed by atoms with Crippen LogP contribution in [0.25, 0.3) is 0 Å². The minimum atomic E-state index is -0.284. The van der Waals surface area contributed by atoms with Gasteiger partial charge in [0.05, 0.1) is 18.5 Å². The van der Waals surface area contributed by atoms with Crippen LogP contribution in [0.15, 0.2) is 16.5 Å². The summed E-state index contributed by atoms with van der Waals surface area (Å²) in [7, 11) is 0. The molecule has 1 heterocycles. The molecule has 0 fully saturated rings. The zero-order valence-electron chi connectivity index (χ0n) is 6.78. The summed E-state index contributed by atoms with van der Waals surface area (Å²) in [5.74, 6) is 1.51. The van der Waals surface area contributed by atoms with Crippen molar-refractivity contribution >= 4 is 12.4 Å². The minimum absolute atomic E-state index is 0. The van der Waals surface area contributed by atoms with Crippen LogP contribution in [-0.2, 0) is 0 Å². The Morgan fingerprint density at radius 3 is 2.75 bits per heavy atom. The number of nitriles is 1. The molecule has 0 aliphatic carbocycles. The van der Waals surface area contributed by atoms with E-state index in [4.69, 9.17) is 15.4 Å². The molecule has 66 valence electrons. The Bertz CT molecular complexity index is 277. The van der Waals surface area contributed by atoms with Crippen molar-refractivity contribution in [2.75, 3.05) is 0 Å². The number of halogens is 1. The number of aryl methyl sites for hydroxylation is 1. The lowest BCUT2D eigenvalue weighted by atomic mass is 10.2. The normalized spacial score (nSPS) is 11.4. The van der Waals surface area contributed by atoms with E-state index in [9.17, 15) is 0 Å². The largest absolute Gasteiger partial charge is 0.465 e. The molecule has 1 atom stereocenters. The van der Waals surface area contributed by atoms with E-state index < -0.39 is 0 Å². The molecule has 0 radical (unpaired) electrons. The first-order valence-electron chi connectivity index (χ1n) is 3.43. The van der Waals surface area contributed by atoms with E-state index in [-0.39, 0.29) is 18.4 Å². The SMILES string of the molecule is Cc1ccc([C@@H](N)CC#N)o1.Cl. The van der Waals surface area contributed by atoms with Gasteiger partial charge in [-0.2, -0.15) is 5.26 Å². The molecule has 4 heteroatoms. The molecule has 1 aromatic heterocycles. The molecular weight excluding hydrogens is 176 g/mol. The van der Waals surface area contributed by atoms with Crippen molar-refractivity contribution < 1.29 is 4.42 Å². The van der Waals surface area contributed by atoms with Crippen molar-refractivity contribution in [3.8, 4) is 6.07 Å². The molecule has 0 aliphatic heterocycles. The molecule has 0 saturated heterocycles. The molecular formula is C8H11ClN2O. The van der Waals surface area contributed by atoms with Crippen LogP contribution in [0.3, 0.4) is 0 Å². The van der Waals surface area contributed by atoms with E-state index in [0.717, 1.165) is 5.76 Å². The molecule has 0 aromatic carbocycles. The van der Waals surface area contributed by atoms with Crippen molar-refractivity contribution in [1.82, 2.24) is 0 Å². The topological polar surface area (TPSA) is 63.0 Å². The zero-order chi connectivity index (χ0) is 8.27. The molecule has 3 nitrogen and oxygen atoms in total. The van der Waals surface area contributed by atoms with Crippen molar-refractivity contribution in [3.63, 3.8) is 0 Å². The van der Waals surface area contributed by atoms with Crippen molar-refractivity contribution in [2.45, 2.75) is 19.4 Å². The first kappa shape index (κ1) is 11.0. The lowest BCUT2D eigenvalue weighted by molar-refractivity contribution is 0.448. The monoisotopic (exact) mass is 186 g/mol. The van der Waals surface area contributed by atoms with Gasteiger partial charge in [-0.1, -0.05) is 0 Å². The number of rotatable bonds is 2. The van der Waals surface area contributed by atoms with Gasteiger partial charge in [-0.3, -0.25) is 0 Å². The number of nitrogens with zero attached hydrogens (tertiary/aromatic N) is 1. The summed E-state index contributed by atoms with van der Waals surface area (Å²) >= 11 is 0. The molecule has 12 heavy (non-hydrogen) atoms. The van der Waals surface area contributed by atoms with E-state index in [1.165, 1.54) is 0 Å². The highest BCUT2D eigenvalue weighted by Crippen LogP contribution is 2.15. The van der Waals surface area contributed by atoms with Crippen LogP contribution in [0, 0.1) is 18.3 Å². The Labute approximate surface area is 77.6 Å². The van der Waals surface area contributed by atoms with Gasteiger partial charge in [0.25, 0.3) is 0 Å². The Balaban J connectivity index is 0.00000121. The van der Waals surface area contributed by atoms with Crippen LogP contribution >= 0.6 is 12.4 Å². The van der Waals surface area contributed by atoms with Gasteiger partial charge in [-0.25, -0.2) is 0 Å². The molecule has 0 amide bonds. The molecule has 1 rings (SSSR count). The van der Waals surface area contributed by atoms with Gasteiger partial charge in [0.1, 0.15) is 11.5 Å². The average Bonchev–Trinajstić information content (AvgIpc) is 2.36. The van der Waals surface area contributed by atoms with Gasteiger partial charge in [0.2, 0.25) is 0 Å². The van der Waals surface area contributed by atoms with Gasteiger partial charge in [0, 0.05) is 0 Å². The quantitative estimate of drug-likeness (QED) is 0.768. The second kappa shape index (κ2) is 4.81. The smallest absolute Gasteiger partial charge is 0.121 e. The number of hydrogen-bond acceptors (Lipinski definition) is 3. The third kappa shape index (κ3) is 2.57. The maximum Gasteiger partial charge on any atom is 0.121 e. The maximum absolute atomic E-state index is 8.33. The Morgan fingerprint density at radius 1 is 1.67 bits per heavy atom. The Hall–Kier alpha value is -0.980. The predicted molar refractivity (Wildman–Crippen MR) is 47.9 cm³/mol. The summed E-state index contributed by atoms with van der Waals surface area (Å²) in [5, 5.41) is 8.33. The zero-order valence-corrected chi connectivity index (χ0v) is 7.60. The lowest BCUT2D eigenvalue weighted by Gasteiger charge is -2.00. The molecule has 0 aliphatic rings. The average molecular weight is 187 g/mol. The van der Waals surface area contributed by atoms with Gasteiger partial charge in [-0.05, 0) is 19.1 Å². The molecule has 0 spiro atoms. The summed E-state index contributed by atoms with van der Waals surface area (Å²) in [6, 6.07) is 5.35. The van der Waals surface area contributed by atoms with E-state index in [1.54, 1.807) is 6.07 Å². The van der Waals surface area contributed by atoms with Crippen LogP contribution in [0.1, 0.15) is 24.0 Å². The Kier molecular flexibility index (Phi) is 4.42. The highest BCUT2D eigenvalue weighted by molar-refractivity contribution is 5.85. The highest BCUT2D eigenvalue weighted by atomic mass is 35.5. The van der Waals surface area contributed by atoms with Gasteiger partial charge in [-0.15, -0.1) is 12.4 Å². The standard InChI is InChI=1S/C8H10N2O.ClH/c1-6-2-3-8(11-6)7(10)4-5-9;/h2-3,7H,4,10H2,1H3;1H/t7-;/m0./s1. The summed E-state index contributed by atoms with van der Waals surface area (Å²) in [6.45, 7) is 1.85. The summed E-state index contributed by atoms with van der Waals surface area (Å²) in [5.41, 5.74) is 5.60. The fourth-order valence-electron chi connectivity index (χ4n) is 0.852. The van der Waals surface area contributed by atoms with Gasteiger partial charge in [0.15, 0.2) is 0 Å². The first-order chi connectivity index (χ1) is 5.24. The summed E-state index contributed by atoms with van der Waals surface area (Å²) in [6.07, 6.45) is 0.299. The number of nitrogens with two attached hydrogens (primary N) is 1. The third-order valence-corrected chi connectivity index (χ3v) is 1.44. The number of furan rings is 1. The lowest BCUT2D eigenvalue weighted by Crippen LogP contribution is -2.07. The molecule has 0 saturated carbocycles. The summed E-state index contributed by atoms with van der Waals surface area (Å²) < 4.78 is 5.22. The van der Waals surface area contributed by atoms with Crippen LogP contribution in [0.4, 0.5) is 0 Å². The van der Waals surface area contributed by atoms with Crippen LogP contribution < -0.4 is 5.73 Å². The molecule has 0 bridgehead atoms. The Morgan fingerprint density at radius 2 is 2.33 bits per heavy atom. The van der Waals surface area contributed by atoms with Crippen LogP contribution in [0.2, 0.25) is 0 Å².